The van der Waals surface area contributed by atoms with E-state index in [0.29, 0.717) is 22.0 Å². The van der Waals surface area contributed by atoms with Gasteiger partial charge in [-0.05, 0) is 111 Å². The van der Waals surface area contributed by atoms with Crippen LogP contribution in [0.4, 0.5) is 0 Å². The van der Waals surface area contributed by atoms with Gasteiger partial charge >= 0.3 is 0 Å². The fourth-order valence-electron chi connectivity index (χ4n) is 8.13. The van der Waals surface area contributed by atoms with Crippen molar-refractivity contribution in [2.45, 2.75) is 117 Å². The van der Waals surface area contributed by atoms with Crippen LogP contribution in [0.5, 0.6) is 0 Å². The van der Waals surface area contributed by atoms with E-state index in [4.69, 9.17) is 4.43 Å². The molecule has 0 saturated heterocycles. The monoisotopic (exact) mass is 428 g/mol. The summed E-state index contributed by atoms with van der Waals surface area (Å²) >= 11 is 0. The second kappa shape index (κ2) is 7.34. The van der Waals surface area contributed by atoms with Crippen molar-refractivity contribution in [2.24, 2.45) is 34.5 Å². The van der Waals surface area contributed by atoms with Gasteiger partial charge in [0.2, 0.25) is 0 Å². The largest absolute Gasteiger partial charge is 0.414 e. The van der Waals surface area contributed by atoms with Crippen LogP contribution in [0, 0.1) is 34.5 Å². The molecule has 3 saturated carbocycles. The first-order chi connectivity index (χ1) is 13.8. The molecule has 7 atom stereocenters. The molecule has 0 aliphatic heterocycles. The van der Waals surface area contributed by atoms with Crippen LogP contribution in [0.3, 0.4) is 0 Å². The summed E-state index contributed by atoms with van der Waals surface area (Å²) in [6.45, 7) is 23.9. The highest BCUT2D eigenvalue weighted by atomic mass is 28.4. The molecule has 0 amide bonds. The Balaban J connectivity index is 1.53. The Hall–Kier alpha value is -0.343. The summed E-state index contributed by atoms with van der Waals surface area (Å²) in [4.78, 5) is 0. The maximum absolute atomic E-state index is 6.89. The maximum atomic E-state index is 6.89. The topological polar surface area (TPSA) is 9.23 Å². The van der Waals surface area contributed by atoms with Gasteiger partial charge < -0.3 is 4.43 Å². The van der Waals surface area contributed by atoms with Crippen LogP contribution in [-0.2, 0) is 4.43 Å². The molecule has 0 aromatic rings. The molecule has 0 unspecified atom stereocenters. The van der Waals surface area contributed by atoms with Gasteiger partial charge in [0.1, 0.15) is 0 Å². The van der Waals surface area contributed by atoms with Gasteiger partial charge in [-0.25, -0.2) is 0 Å². The van der Waals surface area contributed by atoms with Crippen molar-refractivity contribution in [2.75, 3.05) is 0 Å². The Morgan fingerprint density at radius 2 is 1.77 bits per heavy atom. The van der Waals surface area contributed by atoms with Crippen molar-refractivity contribution < 1.29 is 4.43 Å². The lowest BCUT2D eigenvalue weighted by Gasteiger charge is -2.58. The number of rotatable bonds is 3. The van der Waals surface area contributed by atoms with Gasteiger partial charge in [0.15, 0.2) is 8.32 Å². The second-order valence-corrected chi connectivity index (χ2v) is 18.3. The molecule has 30 heavy (non-hydrogen) atoms. The second-order valence-electron chi connectivity index (χ2n) is 13.5. The van der Waals surface area contributed by atoms with Crippen molar-refractivity contribution in [1.29, 1.82) is 0 Å². The predicted molar refractivity (Wildman–Crippen MR) is 132 cm³/mol. The number of fused-ring (bicyclic) bond motifs is 5. The van der Waals surface area contributed by atoms with Gasteiger partial charge in [0.05, 0.1) is 0 Å². The molecule has 0 heterocycles. The molecule has 0 radical (unpaired) electrons. The fraction of sp³-hybridized carbons (Fsp3) is 0.857. The van der Waals surface area contributed by atoms with Gasteiger partial charge in [0, 0.05) is 6.10 Å². The van der Waals surface area contributed by atoms with Crippen molar-refractivity contribution in [3.8, 4) is 0 Å². The average molecular weight is 429 g/mol. The predicted octanol–water partition coefficient (Wildman–Crippen LogP) is 8.53. The highest BCUT2D eigenvalue weighted by Gasteiger charge is 2.58. The van der Waals surface area contributed by atoms with E-state index >= 15 is 0 Å². The zero-order valence-electron chi connectivity index (χ0n) is 21.2. The zero-order valence-corrected chi connectivity index (χ0v) is 22.2. The molecule has 3 fully saturated rings. The minimum atomic E-state index is -1.69. The molecular weight excluding hydrogens is 380 g/mol. The fourth-order valence-corrected chi connectivity index (χ4v) is 9.52. The molecule has 4 aliphatic rings. The Morgan fingerprint density at radius 1 is 1.07 bits per heavy atom. The van der Waals surface area contributed by atoms with Crippen molar-refractivity contribution in [1.82, 2.24) is 0 Å². The quantitative estimate of drug-likeness (QED) is 0.323. The molecule has 0 aromatic heterocycles. The first-order valence-electron chi connectivity index (χ1n) is 12.8. The molecular formula is C28H48OSi. The highest BCUT2D eigenvalue weighted by molar-refractivity contribution is 6.74. The number of hydrogen-bond donors (Lipinski definition) is 0. The van der Waals surface area contributed by atoms with E-state index in [1.165, 1.54) is 56.9 Å². The van der Waals surface area contributed by atoms with Crippen LogP contribution < -0.4 is 0 Å². The summed E-state index contributed by atoms with van der Waals surface area (Å²) in [5.74, 6) is 3.47. The summed E-state index contributed by atoms with van der Waals surface area (Å²) < 4.78 is 6.89. The summed E-state index contributed by atoms with van der Waals surface area (Å²) in [6.07, 6.45) is 13.9. The van der Waals surface area contributed by atoms with E-state index in [1.807, 2.05) is 0 Å². The van der Waals surface area contributed by atoms with Crippen LogP contribution in [0.15, 0.2) is 23.8 Å². The normalized spacial score (nSPS) is 44.0. The lowest BCUT2D eigenvalue weighted by atomic mass is 9.47. The van der Waals surface area contributed by atoms with Gasteiger partial charge in [-0.1, -0.05) is 58.4 Å². The van der Waals surface area contributed by atoms with Crippen LogP contribution in [0.25, 0.3) is 0 Å². The van der Waals surface area contributed by atoms with Gasteiger partial charge in [-0.15, -0.1) is 0 Å². The molecule has 1 nitrogen and oxygen atoms in total. The average Bonchev–Trinajstić information content (AvgIpc) is 2.98. The molecule has 0 spiro atoms. The summed E-state index contributed by atoms with van der Waals surface area (Å²) in [6, 6.07) is 0. The van der Waals surface area contributed by atoms with Gasteiger partial charge in [0.25, 0.3) is 0 Å². The van der Waals surface area contributed by atoms with E-state index in [1.54, 1.807) is 5.57 Å². The zero-order chi connectivity index (χ0) is 22.1. The molecule has 4 aliphatic carbocycles. The Labute approximate surface area is 188 Å². The lowest BCUT2D eigenvalue weighted by Crippen LogP contribution is -2.51. The third kappa shape index (κ3) is 3.43. The van der Waals surface area contributed by atoms with Crippen LogP contribution >= 0.6 is 0 Å². The summed E-state index contributed by atoms with van der Waals surface area (Å²) in [7, 11) is -1.69. The van der Waals surface area contributed by atoms with E-state index in [9.17, 15) is 0 Å². The van der Waals surface area contributed by atoms with Crippen LogP contribution in [0.2, 0.25) is 18.1 Å². The lowest BCUT2D eigenvalue weighted by molar-refractivity contribution is -0.0443. The van der Waals surface area contributed by atoms with Gasteiger partial charge in [-0.3, -0.25) is 0 Å². The SMILES string of the molecule is C=C(C)[C@H]1CC[C@H]2[C@@H]3CC=C4C[C@@H](O[Si](C)(C)C(C)(C)C)CC[C@]4(C)[C@H]3CC[C@]12C. The standard InChI is InChI=1S/C28H48OSi/c1-19(2)23-12-13-24-22-11-10-20-18-21(29-30(8,9)26(3,4)5)14-16-27(20,6)25(22)15-17-28(23,24)7/h10,21-25H,1,11-18H2,2-9H3/t21-,22-,23+,24-,25-,27-,28+/m0/s1. The first-order valence-corrected chi connectivity index (χ1v) is 15.7. The smallest absolute Gasteiger partial charge is 0.192 e. The molecule has 170 valence electrons. The van der Waals surface area contributed by atoms with E-state index < -0.39 is 8.32 Å². The van der Waals surface area contributed by atoms with E-state index in [2.05, 4.69) is 67.3 Å². The third-order valence-electron chi connectivity index (χ3n) is 10.9. The minimum Gasteiger partial charge on any atom is -0.414 e. The molecule has 0 bridgehead atoms. The van der Waals surface area contributed by atoms with Crippen molar-refractivity contribution in [3.63, 3.8) is 0 Å². The van der Waals surface area contributed by atoms with Crippen LogP contribution in [-0.4, -0.2) is 14.4 Å². The van der Waals surface area contributed by atoms with E-state index in [0.717, 1.165) is 23.7 Å². The van der Waals surface area contributed by atoms with Crippen LogP contribution in [0.1, 0.15) is 92.9 Å². The highest BCUT2D eigenvalue weighted by Crippen LogP contribution is 2.67. The summed E-state index contributed by atoms with van der Waals surface area (Å²) in [5.41, 5.74) is 4.15. The van der Waals surface area contributed by atoms with Gasteiger partial charge in [-0.2, -0.15) is 0 Å². The van der Waals surface area contributed by atoms with Crippen molar-refractivity contribution >= 4 is 8.32 Å². The molecule has 2 heteroatoms. The Bertz CT molecular complexity index is 727. The Morgan fingerprint density at radius 3 is 2.40 bits per heavy atom. The van der Waals surface area contributed by atoms with E-state index in [-0.39, 0.29) is 0 Å². The summed E-state index contributed by atoms with van der Waals surface area (Å²) in [5, 5.41) is 0.302. The number of hydrogen-bond acceptors (Lipinski definition) is 1. The van der Waals surface area contributed by atoms with Crippen molar-refractivity contribution in [3.05, 3.63) is 23.8 Å². The molecule has 0 aromatic carbocycles. The minimum absolute atomic E-state index is 0.302. The maximum Gasteiger partial charge on any atom is 0.192 e. The third-order valence-corrected chi connectivity index (χ3v) is 15.5. The first kappa shape index (κ1) is 22.8. The number of allylic oxidation sites excluding steroid dienone is 2. The Kier molecular flexibility index (Phi) is 5.59. The molecule has 0 N–H and O–H groups in total. The molecule has 4 rings (SSSR count).